The van der Waals surface area contributed by atoms with E-state index in [1.165, 1.54) is 0 Å². The van der Waals surface area contributed by atoms with Crippen LogP contribution in [0.4, 0.5) is 4.79 Å². The molecule has 0 radical (unpaired) electrons. The highest BCUT2D eigenvalue weighted by molar-refractivity contribution is 5.70. The van der Waals surface area contributed by atoms with E-state index in [1.807, 2.05) is 38.8 Å². The lowest BCUT2D eigenvalue weighted by Crippen LogP contribution is -2.51. The summed E-state index contributed by atoms with van der Waals surface area (Å²) >= 11 is 0. The Balaban J connectivity index is 1.93. The third-order valence-electron chi connectivity index (χ3n) is 4.16. The lowest BCUT2D eigenvalue weighted by Gasteiger charge is -2.46. The number of fused-ring (bicyclic) bond motifs is 4. The van der Waals surface area contributed by atoms with Gasteiger partial charge < -0.3 is 4.74 Å². The van der Waals surface area contributed by atoms with Crippen molar-refractivity contribution in [3.05, 3.63) is 23.3 Å². The van der Waals surface area contributed by atoms with Crippen LogP contribution in [-0.4, -0.2) is 32.6 Å². The monoisotopic (exact) mass is 289 g/mol. The topological polar surface area (TPSA) is 55.3 Å². The average Bonchev–Trinajstić information content (AvgIpc) is 2.35. The molecule has 2 unspecified atom stereocenters. The molecule has 2 aliphatic rings. The van der Waals surface area contributed by atoms with Crippen molar-refractivity contribution in [1.29, 1.82) is 0 Å². The van der Waals surface area contributed by atoms with E-state index in [4.69, 9.17) is 4.74 Å². The summed E-state index contributed by atoms with van der Waals surface area (Å²) in [6, 6.07) is 0.281. The van der Waals surface area contributed by atoms with E-state index < -0.39 is 5.60 Å². The molecule has 114 valence electrons. The molecule has 1 amide bonds. The molecule has 1 aromatic rings. The summed E-state index contributed by atoms with van der Waals surface area (Å²) in [6.45, 7) is 7.64. The van der Waals surface area contributed by atoms with E-state index in [-0.39, 0.29) is 18.2 Å². The average molecular weight is 289 g/mol. The smallest absolute Gasteiger partial charge is 0.411 e. The second-order valence-corrected chi connectivity index (χ2v) is 7.01. The van der Waals surface area contributed by atoms with Crippen molar-refractivity contribution < 1.29 is 9.53 Å². The summed E-state index contributed by atoms with van der Waals surface area (Å²) in [5, 5.41) is 0. The fraction of sp³-hybridized carbons (Fsp3) is 0.688. The van der Waals surface area contributed by atoms with Crippen LogP contribution in [0.2, 0.25) is 0 Å². The highest BCUT2D eigenvalue weighted by Crippen LogP contribution is 2.41. The SMILES string of the molecule is Cc1ncc2c(n1)CC1CCCC2N1C(=O)OC(C)(C)C. The van der Waals surface area contributed by atoms with Gasteiger partial charge >= 0.3 is 6.09 Å². The molecule has 1 fully saturated rings. The van der Waals surface area contributed by atoms with Gasteiger partial charge in [-0.05, 0) is 47.0 Å². The van der Waals surface area contributed by atoms with Crippen molar-refractivity contribution in [2.45, 2.75) is 71.1 Å². The number of carbonyl (C=O) groups is 1. The molecule has 1 saturated heterocycles. The minimum Gasteiger partial charge on any atom is -0.444 e. The van der Waals surface area contributed by atoms with Crippen LogP contribution >= 0.6 is 0 Å². The largest absolute Gasteiger partial charge is 0.444 e. The van der Waals surface area contributed by atoms with Crippen LogP contribution in [0, 0.1) is 6.92 Å². The molecule has 0 saturated carbocycles. The van der Waals surface area contributed by atoms with E-state index in [2.05, 4.69) is 9.97 Å². The first-order chi connectivity index (χ1) is 9.85. The van der Waals surface area contributed by atoms with Gasteiger partial charge in [0.1, 0.15) is 11.4 Å². The predicted molar refractivity (Wildman–Crippen MR) is 78.9 cm³/mol. The second-order valence-electron chi connectivity index (χ2n) is 7.01. The fourth-order valence-electron chi connectivity index (χ4n) is 3.37. The van der Waals surface area contributed by atoms with E-state index in [9.17, 15) is 4.79 Å². The zero-order valence-corrected chi connectivity index (χ0v) is 13.2. The number of aromatic nitrogens is 2. The number of carbonyl (C=O) groups excluding carboxylic acids is 1. The summed E-state index contributed by atoms with van der Waals surface area (Å²) in [5.74, 6) is 0.803. The van der Waals surface area contributed by atoms with Crippen molar-refractivity contribution in [3.63, 3.8) is 0 Å². The number of ether oxygens (including phenoxy) is 1. The number of piperidine rings is 1. The first kappa shape index (κ1) is 14.3. The number of nitrogens with zero attached hydrogens (tertiary/aromatic N) is 3. The molecule has 2 atom stereocenters. The van der Waals surface area contributed by atoms with E-state index in [0.717, 1.165) is 42.8 Å². The van der Waals surface area contributed by atoms with Gasteiger partial charge in [0.25, 0.3) is 0 Å². The van der Waals surface area contributed by atoms with Crippen molar-refractivity contribution in [3.8, 4) is 0 Å². The zero-order chi connectivity index (χ0) is 15.2. The van der Waals surface area contributed by atoms with Crippen LogP contribution in [0.1, 0.15) is 63.2 Å². The Kier molecular flexibility index (Phi) is 3.38. The third-order valence-corrected chi connectivity index (χ3v) is 4.16. The van der Waals surface area contributed by atoms with Gasteiger partial charge in [0.15, 0.2) is 0 Å². The molecule has 2 aliphatic heterocycles. The Morgan fingerprint density at radius 3 is 2.86 bits per heavy atom. The normalized spacial score (nSPS) is 24.5. The van der Waals surface area contributed by atoms with Gasteiger partial charge in [-0.3, -0.25) is 4.90 Å². The van der Waals surface area contributed by atoms with Gasteiger partial charge in [-0.1, -0.05) is 0 Å². The van der Waals surface area contributed by atoms with E-state index >= 15 is 0 Å². The number of hydrogen-bond donors (Lipinski definition) is 0. The lowest BCUT2D eigenvalue weighted by molar-refractivity contribution is -0.0101. The second kappa shape index (κ2) is 4.97. The summed E-state index contributed by atoms with van der Waals surface area (Å²) < 4.78 is 5.60. The summed E-state index contributed by atoms with van der Waals surface area (Å²) in [4.78, 5) is 23.4. The van der Waals surface area contributed by atoms with Crippen molar-refractivity contribution in [2.24, 2.45) is 0 Å². The molecule has 3 heterocycles. The van der Waals surface area contributed by atoms with Gasteiger partial charge in [-0.2, -0.15) is 0 Å². The Bertz CT molecular complexity index is 565. The van der Waals surface area contributed by atoms with Crippen molar-refractivity contribution >= 4 is 6.09 Å². The molecule has 21 heavy (non-hydrogen) atoms. The first-order valence-electron chi connectivity index (χ1n) is 7.69. The maximum absolute atomic E-state index is 12.6. The Hall–Kier alpha value is -1.65. The van der Waals surface area contributed by atoms with Crippen molar-refractivity contribution in [2.75, 3.05) is 0 Å². The third kappa shape index (κ3) is 2.74. The minimum atomic E-state index is -0.463. The number of rotatable bonds is 0. The number of amides is 1. The first-order valence-corrected chi connectivity index (χ1v) is 7.69. The van der Waals surface area contributed by atoms with Gasteiger partial charge in [0, 0.05) is 24.2 Å². The lowest BCUT2D eigenvalue weighted by atomic mass is 9.83. The van der Waals surface area contributed by atoms with Crippen LogP contribution in [0.25, 0.3) is 0 Å². The standard InChI is InChI=1S/C16H23N3O2/c1-10-17-9-12-13(18-10)8-11-6-5-7-14(12)19(11)15(20)21-16(2,3)4/h9,11,14H,5-8H2,1-4H3. The molecule has 5 heteroatoms. The Morgan fingerprint density at radius 2 is 2.14 bits per heavy atom. The van der Waals surface area contributed by atoms with E-state index in [1.54, 1.807) is 0 Å². The quantitative estimate of drug-likeness (QED) is 0.736. The van der Waals surface area contributed by atoms with Gasteiger partial charge in [-0.25, -0.2) is 14.8 Å². The zero-order valence-electron chi connectivity index (χ0n) is 13.2. The van der Waals surface area contributed by atoms with Crippen LogP contribution < -0.4 is 0 Å². The highest BCUT2D eigenvalue weighted by atomic mass is 16.6. The summed E-state index contributed by atoms with van der Waals surface area (Å²) in [5.41, 5.74) is 1.74. The van der Waals surface area contributed by atoms with Crippen LogP contribution in [0.3, 0.4) is 0 Å². The molecule has 2 bridgehead atoms. The number of aryl methyl sites for hydroxylation is 1. The maximum Gasteiger partial charge on any atom is 0.411 e. The maximum atomic E-state index is 12.6. The van der Waals surface area contributed by atoms with E-state index in [0.29, 0.717) is 0 Å². The molecule has 0 aliphatic carbocycles. The molecule has 5 nitrogen and oxygen atoms in total. The molecule has 0 N–H and O–H groups in total. The summed E-state index contributed by atoms with van der Waals surface area (Å²) in [7, 11) is 0. The Morgan fingerprint density at radius 1 is 1.38 bits per heavy atom. The highest BCUT2D eigenvalue weighted by Gasteiger charge is 2.42. The van der Waals surface area contributed by atoms with Crippen LogP contribution in [0.5, 0.6) is 0 Å². The van der Waals surface area contributed by atoms with Gasteiger partial charge in [0.05, 0.1) is 11.7 Å². The molecule has 0 aromatic carbocycles. The molecular weight excluding hydrogens is 266 g/mol. The predicted octanol–water partition coefficient (Wildman–Crippen LogP) is 3.17. The molecule has 3 rings (SSSR count). The number of hydrogen-bond acceptors (Lipinski definition) is 4. The van der Waals surface area contributed by atoms with Gasteiger partial charge in [-0.15, -0.1) is 0 Å². The Labute approximate surface area is 125 Å². The van der Waals surface area contributed by atoms with Crippen LogP contribution in [0.15, 0.2) is 6.20 Å². The minimum absolute atomic E-state index is 0.0722. The van der Waals surface area contributed by atoms with Crippen LogP contribution in [-0.2, 0) is 11.2 Å². The molecular formula is C16H23N3O2. The summed E-state index contributed by atoms with van der Waals surface area (Å²) in [6.07, 6.45) is 5.63. The fourth-order valence-corrected chi connectivity index (χ4v) is 3.37. The van der Waals surface area contributed by atoms with Gasteiger partial charge in [0.2, 0.25) is 0 Å². The molecule has 1 aromatic heterocycles. The molecule has 0 spiro atoms. The van der Waals surface area contributed by atoms with Crippen molar-refractivity contribution in [1.82, 2.24) is 14.9 Å².